The first-order chi connectivity index (χ1) is 14.2. The lowest BCUT2D eigenvalue weighted by molar-refractivity contribution is -0.340. The number of esters is 2. The van der Waals surface area contributed by atoms with E-state index in [1.165, 1.54) is 13.2 Å². The van der Waals surface area contributed by atoms with Gasteiger partial charge in [-0.1, -0.05) is 0 Å². The van der Waals surface area contributed by atoms with Crippen LogP contribution in [-0.2, 0) is 33.3 Å². The summed E-state index contributed by atoms with van der Waals surface area (Å²) in [5.74, 6) is -2.09. The third-order valence-electron chi connectivity index (χ3n) is 5.94. The van der Waals surface area contributed by atoms with Gasteiger partial charge in [0.25, 0.3) is 0 Å². The van der Waals surface area contributed by atoms with Crippen molar-refractivity contribution in [2.45, 2.75) is 56.4 Å². The van der Waals surface area contributed by atoms with Crippen LogP contribution in [0.15, 0.2) is 23.5 Å². The predicted octanol–water partition coefficient (Wildman–Crippen LogP) is -1.91. The maximum Gasteiger partial charge on any atom is 0.338 e. The zero-order valence-corrected chi connectivity index (χ0v) is 16.3. The topological polar surface area (TPSA) is 161 Å². The molecule has 1 aliphatic carbocycles. The van der Waals surface area contributed by atoms with Gasteiger partial charge in [-0.15, -0.1) is 0 Å². The van der Waals surface area contributed by atoms with Crippen LogP contribution < -0.4 is 0 Å². The van der Waals surface area contributed by atoms with Crippen molar-refractivity contribution < 1.29 is 53.7 Å². The highest BCUT2D eigenvalue weighted by atomic mass is 16.8. The van der Waals surface area contributed by atoms with Gasteiger partial charge in [0.2, 0.25) is 6.29 Å². The lowest BCUT2D eigenvalue weighted by atomic mass is 9.79. The summed E-state index contributed by atoms with van der Waals surface area (Å²) in [6, 6.07) is 0. The van der Waals surface area contributed by atoms with Crippen molar-refractivity contribution in [3.63, 3.8) is 0 Å². The Kier molecular flexibility index (Phi) is 5.37. The van der Waals surface area contributed by atoms with Crippen LogP contribution in [0.5, 0.6) is 0 Å². The Bertz CT molecular complexity index is 789. The third kappa shape index (κ3) is 3.31. The van der Waals surface area contributed by atoms with E-state index in [0.29, 0.717) is 11.1 Å². The van der Waals surface area contributed by atoms with Crippen molar-refractivity contribution >= 4 is 11.9 Å². The van der Waals surface area contributed by atoms with E-state index in [1.54, 1.807) is 13.0 Å². The molecule has 3 aliphatic heterocycles. The number of rotatable bonds is 5. The van der Waals surface area contributed by atoms with Crippen molar-refractivity contribution in [3.8, 4) is 0 Å². The van der Waals surface area contributed by atoms with Crippen LogP contribution in [-0.4, -0.2) is 88.2 Å². The Labute approximate surface area is 171 Å². The maximum atomic E-state index is 12.2. The Morgan fingerprint density at radius 3 is 2.60 bits per heavy atom. The number of aliphatic hydroxyl groups excluding tert-OH is 4. The average Bonchev–Trinajstić information content (AvgIpc) is 3.13. The van der Waals surface area contributed by atoms with Crippen molar-refractivity contribution in [1.29, 1.82) is 0 Å². The number of aliphatic hydroxyl groups is 4. The van der Waals surface area contributed by atoms with E-state index in [9.17, 15) is 30.0 Å². The van der Waals surface area contributed by atoms with Gasteiger partial charge in [-0.3, -0.25) is 4.79 Å². The summed E-state index contributed by atoms with van der Waals surface area (Å²) >= 11 is 0. The molecule has 0 aromatic heterocycles. The lowest BCUT2D eigenvalue weighted by Crippen LogP contribution is -2.60. The first kappa shape index (κ1) is 21.2. The Morgan fingerprint density at radius 2 is 1.93 bits per heavy atom. The molecule has 2 fully saturated rings. The van der Waals surface area contributed by atoms with Gasteiger partial charge < -0.3 is 44.1 Å². The second-order valence-corrected chi connectivity index (χ2v) is 7.99. The van der Waals surface area contributed by atoms with E-state index in [0.717, 1.165) is 0 Å². The summed E-state index contributed by atoms with van der Waals surface area (Å²) in [6.45, 7) is 2.31. The van der Waals surface area contributed by atoms with Gasteiger partial charge in [0.1, 0.15) is 36.6 Å². The standard InChI is InChI=1S/C19H24O11/c1-7(21)26-5-8-3-19(2)12-9(16(25)30-19)6-27-17(11(8)12)29-18-15(24)14(23)13(22)10(4-20)28-18/h3,6,10-15,17-18,20,22-24H,4-5H2,1-2H3/t10-,11-,12+,13-,14+,15-,17+,18+,19+/m1/s1. The molecule has 11 nitrogen and oxygen atoms in total. The fourth-order valence-corrected chi connectivity index (χ4v) is 4.54. The van der Waals surface area contributed by atoms with Gasteiger partial charge in [0, 0.05) is 6.92 Å². The van der Waals surface area contributed by atoms with Gasteiger partial charge in [-0.05, 0) is 18.6 Å². The number of hydrogen-bond donors (Lipinski definition) is 4. The molecular weight excluding hydrogens is 404 g/mol. The second-order valence-electron chi connectivity index (χ2n) is 7.99. The molecule has 4 aliphatic rings. The van der Waals surface area contributed by atoms with Crippen LogP contribution >= 0.6 is 0 Å². The molecule has 166 valence electrons. The molecule has 0 unspecified atom stereocenters. The molecule has 3 heterocycles. The third-order valence-corrected chi connectivity index (χ3v) is 5.94. The maximum absolute atomic E-state index is 12.2. The van der Waals surface area contributed by atoms with Gasteiger partial charge in [0.05, 0.1) is 30.3 Å². The highest BCUT2D eigenvalue weighted by Crippen LogP contribution is 2.54. The minimum atomic E-state index is -1.62. The van der Waals surface area contributed by atoms with Crippen molar-refractivity contribution in [2.75, 3.05) is 13.2 Å². The molecule has 4 N–H and O–H groups in total. The Hall–Kier alpha value is -2.02. The Balaban J connectivity index is 1.60. The van der Waals surface area contributed by atoms with Crippen LogP contribution in [0.1, 0.15) is 13.8 Å². The molecule has 11 heteroatoms. The quantitative estimate of drug-likeness (QED) is 0.286. The van der Waals surface area contributed by atoms with E-state index in [4.69, 9.17) is 23.7 Å². The number of carbonyl (C=O) groups is 2. The molecule has 0 bridgehead atoms. The zero-order chi connectivity index (χ0) is 21.8. The van der Waals surface area contributed by atoms with Crippen molar-refractivity contribution in [2.24, 2.45) is 11.8 Å². The molecule has 30 heavy (non-hydrogen) atoms. The van der Waals surface area contributed by atoms with E-state index in [-0.39, 0.29) is 6.61 Å². The zero-order valence-electron chi connectivity index (χ0n) is 16.3. The molecule has 0 radical (unpaired) electrons. The normalized spacial score (nSPS) is 44.5. The minimum Gasteiger partial charge on any atom is -0.471 e. The second kappa shape index (κ2) is 7.59. The fraction of sp³-hybridized carbons (Fsp3) is 0.684. The molecule has 9 atom stereocenters. The average molecular weight is 428 g/mol. The molecule has 0 saturated carbocycles. The van der Waals surface area contributed by atoms with E-state index in [2.05, 4.69) is 0 Å². The molecule has 0 aromatic carbocycles. The smallest absolute Gasteiger partial charge is 0.338 e. The van der Waals surface area contributed by atoms with Crippen LogP contribution in [0.2, 0.25) is 0 Å². The first-order valence-corrected chi connectivity index (χ1v) is 9.56. The number of carbonyl (C=O) groups excluding carboxylic acids is 2. The van der Waals surface area contributed by atoms with Gasteiger partial charge >= 0.3 is 11.9 Å². The largest absolute Gasteiger partial charge is 0.471 e. The fourth-order valence-electron chi connectivity index (χ4n) is 4.54. The van der Waals surface area contributed by atoms with Crippen LogP contribution in [0.4, 0.5) is 0 Å². The van der Waals surface area contributed by atoms with Gasteiger partial charge in [-0.2, -0.15) is 0 Å². The molecule has 0 aromatic rings. The molecule has 0 spiro atoms. The summed E-state index contributed by atoms with van der Waals surface area (Å²) < 4.78 is 27.4. The van der Waals surface area contributed by atoms with Crippen LogP contribution in [0, 0.1) is 11.8 Å². The summed E-state index contributed by atoms with van der Waals surface area (Å²) in [6.07, 6.45) is -5.50. The highest BCUT2D eigenvalue weighted by Gasteiger charge is 2.62. The lowest BCUT2D eigenvalue weighted by Gasteiger charge is -2.42. The van der Waals surface area contributed by atoms with E-state index < -0.39 is 73.0 Å². The number of ether oxygens (including phenoxy) is 5. The van der Waals surface area contributed by atoms with E-state index >= 15 is 0 Å². The van der Waals surface area contributed by atoms with E-state index in [1.807, 2.05) is 0 Å². The molecule has 2 saturated heterocycles. The molecular formula is C19H24O11. The highest BCUT2D eigenvalue weighted by molar-refractivity contribution is 5.93. The summed E-state index contributed by atoms with van der Waals surface area (Å²) in [5.41, 5.74) is -0.0697. The van der Waals surface area contributed by atoms with Crippen molar-refractivity contribution in [1.82, 2.24) is 0 Å². The Morgan fingerprint density at radius 1 is 1.20 bits per heavy atom. The summed E-state index contributed by atoms with van der Waals surface area (Å²) in [4.78, 5) is 23.5. The van der Waals surface area contributed by atoms with Crippen molar-refractivity contribution in [3.05, 3.63) is 23.5 Å². The minimum absolute atomic E-state index is 0.0746. The van der Waals surface area contributed by atoms with Gasteiger partial charge in [-0.25, -0.2) is 4.79 Å². The predicted molar refractivity (Wildman–Crippen MR) is 94.0 cm³/mol. The van der Waals surface area contributed by atoms with Crippen LogP contribution in [0.25, 0.3) is 0 Å². The molecule has 0 amide bonds. The SMILES string of the molecule is CC(=O)OCC1=C[C@]2(C)OC(=O)C3=CO[C@@H](O[C@@H]4O[C@H](CO)[C@@H](O)[C@H](O)[C@H]4O)[C@H]1[C@H]32. The first-order valence-electron chi connectivity index (χ1n) is 9.56. The monoisotopic (exact) mass is 428 g/mol. The van der Waals surface area contributed by atoms with Gasteiger partial charge in [0.15, 0.2) is 6.29 Å². The summed E-state index contributed by atoms with van der Waals surface area (Å²) in [5, 5.41) is 39.6. The number of hydrogen-bond acceptors (Lipinski definition) is 11. The molecule has 4 rings (SSSR count). The summed E-state index contributed by atoms with van der Waals surface area (Å²) in [7, 11) is 0. The van der Waals surface area contributed by atoms with Crippen LogP contribution in [0.3, 0.4) is 0 Å².